The van der Waals surface area contributed by atoms with Crippen LogP contribution in [0.2, 0.25) is 0 Å². The second-order valence-corrected chi connectivity index (χ2v) is 8.74. The van der Waals surface area contributed by atoms with Gasteiger partial charge in [-0.1, -0.05) is 35.7 Å². The van der Waals surface area contributed by atoms with Gasteiger partial charge in [-0.05, 0) is 49.6 Å². The number of rotatable bonds is 5. The third-order valence-corrected chi connectivity index (χ3v) is 6.23. The molecule has 1 N–H and O–H groups in total. The summed E-state index contributed by atoms with van der Waals surface area (Å²) in [6, 6.07) is 14.2. The number of carbonyl (C=O) groups is 1. The molecule has 1 fully saturated rings. The van der Waals surface area contributed by atoms with Gasteiger partial charge in [0.05, 0.1) is 4.90 Å². The lowest BCUT2D eigenvalue weighted by Gasteiger charge is -2.33. The molecule has 0 bridgehead atoms. The second kappa shape index (κ2) is 9.12. The zero-order valence-electron chi connectivity index (χ0n) is 16.7. The van der Waals surface area contributed by atoms with E-state index in [9.17, 15) is 13.2 Å². The Labute approximate surface area is 172 Å². The first kappa shape index (κ1) is 20.9. The lowest BCUT2D eigenvalue weighted by Crippen LogP contribution is -2.47. The van der Waals surface area contributed by atoms with Gasteiger partial charge in [0.15, 0.2) is 0 Å². The van der Waals surface area contributed by atoms with Gasteiger partial charge in [0.2, 0.25) is 0 Å². The molecule has 0 atom stereocenters. The summed E-state index contributed by atoms with van der Waals surface area (Å²) in [7, 11) is -3.60. The Morgan fingerprint density at radius 1 is 1.00 bits per heavy atom. The van der Waals surface area contributed by atoms with Crippen molar-refractivity contribution in [2.75, 3.05) is 30.9 Å². The van der Waals surface area contributed by atoms with Crippen LogP contribution in [0.5, 0.6) is 0 Å². The first-order valence-electron chi connectivity index (χ1n) is 9.50. The maximum atomic E-state index is 12.5. The third kappa shape index (κ3) is 5.59. The van der Waals surface area contributed by atoms with E-state index >= 15 is 0 Å². The van der Waals surface area contributed by atoms with Crippen LogP contribution >= 0.6 is 0 Å². The predicted octanol–water partition coefficient (Wildman–Crippen LogP) is 2.46. The van der Waals surface area contributed by atoms with E-state index in [2.05, 4.69) is 21.5 Å². The summed E-state index contributed by atoms with van der Waals surface area (Å²) in [4.78, 5) is 16.1. The molecule has 3 rings (SSSR count). The molecule has 1 amide bonds. The maximum absolute atomic E-state index is 12.5. The first-order chi connectivity index (χ1) is 13.9. The van der Waals surface area contributed by atoms with Crippen molar-refractivity contribution in [2.45, 2.75) is 25.3 Å². The zero-order chi connectivity index (χ0) is 20.9. The van der Waals surface area contributed by atoms with Crippen LogP contribution in [0.3, 0.4) is 0 Å². The SMILES string of the molecule is CC#CC(=O)N1CCN(Cc2ccc(NS(=O)(=O)c3ccc(C)cc3)cc2)CC1. The highest BCUT2D eigenvalue weighted by atomic mass is 32.2. The van der Waals surface area contributed by atoms with Crippen molar-refractivity contribution in [3.8, 4) is 11.8 Å². The Bertz CT molecular complexity index is 1010. The Kier molecular flexibility index (Phi) is 6.57. The molecule has 1 saturated heterocycles. The van der Waals surface area contributed by atoms with Gasteiger partial charge >= 0.3 is 0 Å². The third-order valence-electron chi connectivity index (χ3n) is 4.84. The fraction of sp³-hybridized carbons (Fsp3) is 0.318. The molecule has 0 aliphatic carbocycles. The minimum Gasteiger partial charge on any atom is -0.329 e. The molecule has 0 aromatic heterocycles. The number of nitrogens with one attached hydrogen (secondary N) is 1. The van der Waals surface area contributed by atoms with Gasteiger partial charge in [0.25, 0.3) is 15.9 Å². The second-order valence-electron chi connectivity index (χ2n) is 7.06. The van der Waals surface area contributed by atoms with Gasteiger partial charge in [0, 0.05) is 38.4 Å². The fourth-order valence-electron chi connectivity index (χ4n) is 3.16. The van der Waals surface area contributed by atoms with Crippen LogP contribution < -0.4 is 4.72 Å². The molecule has 7 heteroatoms. The van der Waals surface area contributed by atoms with E-state index in [4.69, 9.17) is 0 Å². The van der Waals surface area contributed by atoms with E-state index in [1.54, 1.807) is 48.2 Å². The van der Waals surface area contributed by atoms with E-state index in [0.717, 1.165) is 30.8 Å². The highest BCUT2D eigenvalue weighted by Crippen LogP contribution is 2.18. The van der Waals surface area contributed by atoms with Crippen molar-refractivity contribution in [3.63, 3.8) is 0 Å². The summed E-state index contributed by atoms with van der Waals surface area (Å²) in [5, 5.41) is 0. The minimum absolute atomic E-state index is 0.114. The van der Waals surface area contributed by atoms with E-state index < -0.39 is 10.0 Å². The molecular weight excluding hydrogens is 386 g/mol. The number of benzene rings is 2. The molecule has 29 heavy (non-hydrogen) atoms. The number of piperazine rings is 1. The molecule has 0 radical (unpaired) electrons. The van der Waals surface area contributed by atoms with Gasteiger partial charge in [-0.25, -0.2) is 8.42 Å². The standard InChI is InChI=1S/C22H25N3O3S/c1-3-4-22(26)25-15-13-24(14-16-25)17-19-7-9-20(10-8-19)23-29(27,28)21-11-5-18(2)6-12-21/h5-12,23H,13-17H2,1-2H3. The molecule has 2 aromatic rings. The van der Waals surface area contributed by atoms with Crippen LogP contribution in [0.1, 0.15) is 18.1 Å². The average Bonchev–Trinajstić information content (AvgIpc) is 2.70. The molecule has 1 heterocycles. The molecule has 152 valence electrons. The molecule has 0 saturated carbocycles. The number of amides is 1. The number of hydrogen-bond acceptors (Lipinski definition) is 4. The fourth-order valence-corrected chi connectivity index (χ4v) is 4.22. The van der Waals surface area contributed by atoms with Gasteiger partial charge in [-0.15, -0.1) is 0 Å². The van der Waals surface area contributed by atoms with Crippen molar-refractivity contribution in [1.29, 1.82) is 0 Å². The monoisotopic (exact) mass is 411 g/mol. The van der Waals surface area contributed by atoms with Crippen LogP contribution in [-0.4, -0.2) is 50.3 Å². The van der Waals surface area contributed by atoms with Gasteiger partial charge in [0.1, 0.15) is 0 Å². The highest BCUT2D eigenvalue weighted by molar-refractivity contribution is 7.92. The summed E-state index contributed by atoms with van der Waals surface area (Å²) in [6.07, 6.45) is 0. The Morgan fingerprint density at radius 3 is 2.21 bits per heavy atom. The summed E-state index contributed by atoms with van der Waals surface area (Å²) in [5.41, 5.74) is 2.64. The Morgan fingerprint density at radius 2 is 1.62 bits per heavy atom. The molecule has 0 spiro atoms. The van der Waals surface area contributed by atoms with Crippen molar-refractivity contribution < 1.29 is 13.2 Å². The van der Waals surface area contributed by atoms with E-state index in [0.29, 0.717) is 18.8 Å². The number of nitrogens with zero attached hydrogens (tertiary/aromatic N) is 2. The van der Waals surface area contributed by atoms with E-state index in [1.165, 1.54) is 0 Å². The van der Waals surface area contributed by atoms with Gasteiger partial charge < -0.3 is 4.90 Å². The van der Waals surface area contributed by atoms with E-state index in [-0.39, 0.29) is 10.8 Å². The Balaban J connectivity index is 1.56. The van der Waals surface area contributed by atoms with Crippen LogP contribution in [-0.2, 0) is 21.4 Å². The van der Waals surface area contributed by atoms with Crippen LogP contribution in [0.25, 0.3) is 0 Å². The maximum Gasteiger partial charge on any atom is 0.298 e. The Hall–Kier alpha value is -2.82. The lowest BCUT2D eigenvalue weighted by molar-refractivity contribution is -0.126. The number of aryl methyl sites for hydroxylation is 1. The molecule has 0 unspecified atom stereocenters. The molecule has 6 nitrogen and oxygen atoms in total. The average molecular weight is 412 g/mol. The van der Waals surface area contributed by atoms with Gasteiger partial charge in [-0.3, -0.25) is 14.4 Å². The predicted molar refractivity (Wildman–Crippen MR) is 114 cm³/mol. The normalized spacial score (nSPS) is 14.8. The molecule has 2 aromatic carbocycles. The largest absolute Gasteiger partial charge is 0.329 e. The van der Waals surface area contributed by atoms with Crippen molar-refractivity contribution in [2.24, 2.45) is 0 Å². The minimum atomic E-state index is -3.60. The first-order valence-corrected chi connectivity index (χ1v) is 11.0. The van der Waals surface area contributed by atoms with Crippen molar-refractivity contribution in [1.82, 2.24) is 9.80 Å². The highest BCUT2D eigenvalue weighted by Gasteiger charge is 2.20. The number of hydrogen-bond donors (Lipinski definition) is 1. The quantitative estimate of drug-likeness (QED) is 0.768. The van der Waals surface area contributed by atoms with Crippen LogP contribution in [0, 0.1) is 18.8 Å². The van der Waals surface area contributed by atoms with Crippen LogP contribution in [0.4, 0.5) is 5.69 Å². The van der Waals surface area contributed by atoms with Gasteiger partial charge in [-0.2, -0.15) is 0 Å². The summed E-state index contributed by atoms with van der Waals surface area (Å²) in [5.74, 6) is 5.11. The topological polar surface area (TPSA) is 69.7 Å². The van der Waals surface area contributed by atoms with Crippen LogP contribution in [0.15, 0.2) is 53.4 Å². The van der Waals surface area contributed by atoms with Crippen molar-refractivity contribution >= 4 is 21.6 Å². The number of carbonyl (C=O) groups excluding carboxylic acids is 1. The smallest absolute Gasteiger partial charge is 0.298 e. The number of anilines is 1. The summed E-state index contributed by atoms with van der Waals surface area (Å²) >= 11 is 0. The molecule has 1 aliphatic rings. The number of sulfonamides is 1. The molecular formula is C22H25N3O3S. The lowest BCUT2D eigenvalue weighted by atomic mass is 10.2. The molecule has 1 aliphatic heterocycles. The zero-order valence-corrected chi connectivity index (χ0v) is 17.5. The van der Waals surface area contributed by atoms with Crippen molar-refractivity contribution in [3.05, 3.63) is 59.7 Å². The summed E-state index contributed by atoms with van der Waals surface area (Å²) in [6.45, 7) is 7.26. The summed E-state index contributed by atoms with van der Waals surface area (Å²) < 4.78 is 27.6. The van der Waals surface area contributed by atoms with E-state index in [1.807, 2.05) is 19.1 Å².